The van der Waals surface area contributed by atoms with Gasteiger partial charge in [-0.15, -0.1) is 0 Å². The van der Waals surface area contributed by atoms with Gasteiger partial charge in [0.15, 0.2) is 12.4 Å². The summed E-state index contributed by atoms with van der Waals surface area (Å²) in [5.41, 5.74) is 0.0632. The van der Waals surface area contributed by atoms with Crippen molar-refractivity contribution >= 4 is 16.0 Å². The maximum atomic E-state index is 12.5. The van der Waals surface area contributed by atoms with Crippen LogP contribution >= 0.6 is 0 Å². The van der Waals surface area contributed by atoms with Crippen LogP contribution in [0.25, 0.3) is 0 Å². The molecular weight excluding hydrogens is 374 g/mol. The van der Waals surface area contributed by atoms with Gasteiger partial charge in [-0.2, -0.15) is 4.98 Å². The smallest absolute Gasteiger partial charge is 0.338 e. The summed E-state index contributed by atoms with van der Waals surface area (Å²) in [4.78, 5) is 16.2. The molecule has 0 fully saturated rings. The fourth-order valence-electron chi connectivity index (χ4n) is 2.27. The van der Waals surface area contributed by atoms with Gasteiger partial charge in [0.25, 0.3) is 5.89 Å². The van der Waals surface area contributed by atoms with Gasteiger partial charge in [-0.3, -0.25) is 0 Å². The second-order valence-electron chi connectivity index (χ2n) is 6.07. The number of ether oxygens (including phenoxy) is 2. The highest BCUT2D eigenvalue weighted by Gasteiger charge is 2.23. The Kier molecular flexibility index (Phi) is 6.92. The summed E-state index contributed by atoms with van der Waals surface area (Å²) in [6.07, 6.45) is 1.53. The van der Waals surface area contributed by atoms with Crippen molar-refractivity contribution in [1.82, 2.24) is 14.9 Å². The molecule has 0 saturated heterocycles. The third kappa shape index (κ3) is 5.51. The van der Waals surface area contributed by atoms with E-state index in [-0.39, 0.29) is 34.7 Å². The zero-order chi connectivity index (χ0) is 20.0. The molecule has 1 aromatic carbocycles. The van der Waals surface area contributed by atoms with Gasteiger partial charge in [-0.05, 0) is 38.5 Å². The van der Waals surface area contributed by atoms with Crippen LogP contribution in [-0.4, -0.2) is 37.7 Å². The number of methoxy groups -OCH3 is 1. The Morgan fingerprint density at radius 2 is 2.07 bits per heavy atom. The number of carbonyl (C=O) groups excluding carboxylic acids is 1. The van der Waals surface area contributed by atoms with E-state index in [0.717, 1.165) is 6.42 Å². The van der Waals surface area contributed by atoms with Crippen LogP contribution in [0.15, 0.2) is 27.6 Å². The van der Waals surface area contributed by atoms with E-state index in [2.05, 4.69) is 14.9 Å². The number of nitrogens with one attached hydrogen (secondary N) is 1. The lowest BCUT2D eigenvalue weighted by molar-refractivity contribution is 0.0429. The van der Waals surface area contributed by atoms with Crippen molar-refractivity contribution in [3.63, 3.8) is 0 Å². The minimum atomic E-state index is -3.85. The van der Waals surface area contributed by atoms with E-state index in [0.29, 0.717) is 12.2 Å². The van der Waals surface area contributed by atoms with Gasteiger partial charge >= 0.3 is 5.97 Å². The summed E-state index contributed by atoms with van der Waals surface area (Å²) in [5.74, 6) is 0.130. The summed E-state index contributed by atoms with van der Waals surface area (Å²) in [7, 11) is -2.50. The van der Waals surface area contributed by atoms with Gasteiger partial charge in [0, 0.05) is 12.5 Å². The first kappa shape index (κ1) is 20.8. The van der Waals surface area contributed by atoms with Crippen molar-refractivity contribution in [1.29, 1.82) is 0 Å². The highest BCUT2D eigenvalue weighted by Crippen LogP contribution is 2.25. The molecule has 0 amide bonds. The normalized spacial score (nSPS) is 11.6. The molecule has 27 heavy (non-hydrogen) atoms. The number of aromatic nitrogens is 2. The first-order chi connectivity index (χ1) is 12.8. The molecule has 1 aromatic heterocycles. The molecule has 0 saturated carbocycles. The summed E-state index contributed by atoms with van der Waals surface area (Å²) in [5, 5.41) is 3.77. The summed E-state index contributed by atoms with van der Waals surface area (Å²) >= 11 is 0. The maximum Gasteiger partial charge on any atom is 0.338 e. The molecule has 9 nitrogen and oxygen atoms in total. The van der Waals surface area contributed by atoms with Crippen LogP contribution in [0.2, 0.25) is 0 Å². The highest BCUT2D eigenvalue weighted by atomic mass is 32.2. The Bertz CT molecular complexity index is 892. The molecule has 2 aromatic rings. The van der Waals surface area contributed by atoms with Crippen molar-refractivity contribution in [2.75, 3.05) is 7.11 Å². The van der Waals surface area contributed by atoms with Crippen LogP contribution in [0.4, 0.5) is 0 Å². The van der Waals surface area contributed by atoms with Crippen molar-refractivity contribution in [2.45, 2.75) is 51.2 Å². The molecule has 0 atom stereocenters. The Hall–Kier alpha value is -2.46. The molecular formula is C17H23N3O6S. The summed E-state index contributed by atoms with van der Waals surface area (Å²) in [6.45, 7) is 5.17. The van der Waals surface area contributed by atoms with E-state index >= 15 is 0 Å². The molecule has 0 aliphatic heterocycles. The number of esters is 1. The zero-order valence-corrected chi connectivity index (χ0v) is 16.5. The van der Waals surface area contributed by atoms with Crippen molar-refractivity contribution < 1.29 is 27.2 Å². The molecule has 0 bridgehead atoms. The number of benzene rings is 1. The maximum absolute atomic E-state index is 12.5. The molecule has 0 aliphatic carbocycles. The third-order valence-corrected chi connectivity index (χ3v) is 5.07. The lowest BCUT2D eigenvalue weighted by Gasteiger charge is -2.13. The Morgan fingerprint density at radius 3 is 2.70 bits per heavy atom. The van der Waals surface area contributed by atoms with Gasteiger partial charge in [0.05, 0.1) is 12.7 Å². The molecule has 1 heterocycles. The van der Waals surface area contributed by atoms with Gasteiger partial charge < -0.3 is 14.0 Å². The highest BCUT2D eigenvalue weighted by molar-refractivity contribution is 7.89. The van der Waals surface area contributed by atoms with Crippen LogP contribution in [0.3, 0.4) is 0 Å². The molecule has 0 aliphatic rings. The van der Waals surface area contributed by atoms with Crippen molar-refractivity contribution in [3.8, 4) is 5.75 Å². The Morgan fingerprint density at radius 1 is 1.33 bits per heavy atom. The lowest BCUT2D eigenvalue weighted by Crippen LogP contribution is -2.30. The fraction of sp³-hybridized carbons (Fsp3) is 0.471. The van der Waals surface area contributed by atoms with Crippen molar-refractivity contribution in [2.24, 2.45) is 0 Å². The van der Waals surface area contributed by atoms with Crippen LogP contribution in [0.5, 0.6) is 5.75 Å². The van der Waals surface area contributed by atoms with E-state index < -0.39 is 16.0 Å². The number of rotatable bonds is 9. The average molecular weight is 397 g/mol. The molecule has 148 valence electrons. The molecule has 0 spiro atoms. The predicted octanol–water partition coefficient (Wildman–Crippen LogP) is 2.07. The number of aryl methyl sites for hydroxylation is 1. The second kappa shape index (κ2) is 8.96. The first-order valence-electron chi connectivity index (χ1n) is 8.45. The van der Waals surface area contributed by atoms with E-state index in [1.54, 1.807) is 13.8 Å². The van der Waals surface area contributed by atoms with Gasteiger partial charge in [0.1, 0.15) is 10.6 Å². The zero-order valence-electron chi connectivity index (χ0n) is 15.7. The van der Waals surface area contributed by atoms with E-state index in [1.807, 2.05) is 6.92 Å². The largest absolute Gasteiger partial charge is 0.495 e. The van der Waals surface area contributed by atoms with E-state index in [9.17, 15) is 13.2 Å². The minimum absolute atomic E-state index is 0.0632. The summed E-state index contributed by atoms with van der Waals surface area (Å²) in [6, 6.07) is 3.72. The molecule has 10 heteroatoms. The lowest BCUT2D eigenvalue weighted by atomic mass is 10.2. The van der Waals surface area contributed by atoms with E-state index in [4.69, 9.17) is 14.0 Å². The van der Waals surface area contributed by atoms with Crippen LogP contribution in [0, 0.1) is 0 Å². The predicted molar refractivity (Wildman–Crippen MR) is 95.9 cm³/mol. The quantitative estimate of drug-likeness (QED) is 0.639. The number of sulfonamides is 1. The molecule has 1 N–H and O–H groups in total. The third-order valence-electron chi connectivity index (χ3n) is 3.39. The average Bonchev–Trinajstić information content (AvgIpc) is 3.06. The topological polar surface area (TPSA) is 121 Å². The van der Waals surface area contributed by atoms with Gasteiger partial charge in [-0.1, -0.05) is 12.1 Å². The van der Waals surface area contributed by atoms with Crippen LogP contribution in [-0.2, 0) is 27.8 Å². The molecule has 2 rings (SSSR count). The van der Waals surface area contributed by atoms with Crippen LogP contribution in [0.1, 0.15) is 49.3 Å². The van der Waals surface area contributed by atoms with Gasteiger partial charge in [-0.25, -0.2) is 17.9 Å². The monoisotopic (exact) mass is 397 g/mol. The number of hydrogen-bond donors (Lipinski definition) is 1. The Labute approximate surface area is 158 Å². The minimum Gasteiger partial charge on any atom is -0.495 e. The molecule has 0 unspecified atom stereocenters. The standard InChI is InChI=1S/C17H23N3O6S/c1-5-6-15-18-16(26-19-15)10-25-17(21)12-7-8-13(24-4)14(9-12)27(22,23)20-11(2)3/h7-9,11,20H,5-6,10H2,1-4H3. The van der Waals surface area contributed by atoms with Gasteiger partial charge in [0.2, 0.25) is 10.0 Å². The second-order valence-corrected chi connectivity index (χ2v) is 7.75. The number of hydrogen-bond acceptors (Lipinski definition) is 8. The number of nitrogens with zero attached hydrogens (tertiary/aromatic N) is 2. The van der Waals surface area contributed by atoms with E-state index in [1.165, 1.54) is 25.3 Å². The van der Waals surface area contributed by atoms with Crippen molar-refractivity contribution in [3.05, 3.63) is 35.5 Å². The number of carbonyl (C=O) groups is 1. The fourth-order valence-corrected chi connectivity index (χ4v) is 3.72. The SMILES string of the molecule is CCCc1noc(COC(=O)c2ccc(OC)c(S(=O)(=O)NC(C)C)c2)n1. The molecule has 0 radical (unpaired) electrons. The van der Waals surface area contributed by atoms with Crippen LogP contribution < -0.4 is 9.46 Å². The first-order valence-corrected chi connectivity index (χ1v) is 9.94. The summed E-state index contributed by atoms with van der Waals surface area (Å²) < 4.78 is 42.6. The Balaban J connectivity index is 2.17.